The molecular weight excluding hydrogens is 166 g/mol. The number of hydrogen-bond donors (Lipinski definition) is 0. The Morgan fingerprint density at radius 3 is 2.23 bits per heavy atom. The van der Waals surface area contributed by atoms with Crippen LogP contribution in [0.5, 0.6) is 0 Å². The van der Waals surface area contributed by atoms with Gasteiger partial charge in [0.25, 0.3) is 0 Å². The Bertz CT molecular complexity index is 174. The Morgan fingerprint density at radius 2 is 1.85 bits per heavy atom. The monoisotopic (exact) mass is 185 g/mol. The third kappa shape index (κ3) is 4.68. The van der Waals surface area contributed by atoms with Gasteiger partial charge in [-0.3, -0.25) is 4.90 Å². The van der Waals surface area contributed by atoms with Gasteiger partial charge in [-0.25, -0.2) is 4.79 Å². The van der Waals surface area contributed by atoms with Crippen LogP contribution < -0.4 is 0 Å². The van der Waals surface area contributed by atoms with Gasteiger partial charge in [-0.2, -0.15) is 0 Å². The van der Waals surface area contributed by atoms with Crippen molar-refractivity contribution in [3.05, 3.63) is 12.2 Å². The molecule has 0 fully saturated rings. The largest absolute Gasteiger partial charge is 0.446 e. The van der Waals surface area contributed by atoms with Crippen LogP contribution in [0.3, 0.4) is 0 Å². The lowest BCUT2D eigenvalue weighted by atomic mass is 10.2. The van der Waals surface area contributed by atoms with Crippen molar-refractivity contribution in [2.45, 2.75) is 27.2 Å². The fraction of sp³-hybridized carbons (Fsp3) is 0.700. The summed E-state index contributed by atoms with van der Waals surface area (Å²) in [7, 11) is 0. The molecule has 0 atom stereocenters. The number of esters is 1. The van der Waals surface area contributed by atoms with Crippen LogP contribution in [-0.4, -0.2) is 30.7 Å². The van der Waals surface area contributed by atoms with E-state index < -0.39 is 0 Å². The van der Waals surface area contributed by atoms with Gasteiger partial charge in [0.1, 0.15) is 6.73 Å². The number of carbonyl (C=O) groups excluding carboxylic acids is 1. The SMILES string of the molecule is C=C(CC)C(=O)OCN(CC)CC. The van der Waals surface area contributed by atoms with Crippen LogP contribution in [0, 0.1) is 0 Å². The Morgan fingerprint density at radius 1 is 1.31 bits per heavy atom. The summed E-state index contributed by atoms with van der Waals surface area (Å²) in [5, 5.41) is 0. The summed E-state index contributed by atoms with van der Waals surface area (Å²) in [6, 6.07) is 0. The highest BCUT2D eigenvalue weighted by Crippen LogP contribution is 2.00. The second-order valence-electron chi connectivity index (χ2n) is 2.82. The van der Waals surface area contributed by atoms with Crippen LogP contribution in [0.15, 0.2) is 12.2 Å². The molecule has 0 aliphatic rings. The van der Waals surface area contributed by atoms with E-state index in [-0.39, 0.29) is 5.97 Å². The third-order valence-corrected chi connectivity index (χ3v) is 1.99. The number of carbonyl (C=O) groups is 1. The van der Waals surface area contributed by atoms with Gasteiger partial charge in [0, 0.05) is 5.57 Å². The molecule has 0 radical (unpaired) electrons. The van der Waals surface area contributed by atoms with Crippen molar-refractivity contribution in [3.8, 4) is 0 Å². The molecule has 3 heteroatoms. The first-order valence-corrected chi connectivity index (χ1v) is 4.72. The summed E-state index contributed by atoms with van der Waals surface area (Å²) in [6.45, 7) is 11.7. The second kappa shape index (κ2) is 6.66. The highest BCUT2D eigenvalue weighted by Gasteiger charge is 2.07. The maximum atomic E-state index is 11.2. The van der Waals surface area contributed by atoms with Crippen LogP contribution in [0.4, 0.5) is 0 Å². The van der Waals surface area contributed by atoms with Crippen molar-refractivity contribution in [2.24, 2.45) is 0 Å². The Labute approximate surface area is 80.4 Å². The van der Waals surface area contributed by atoms with Crippen LogP contribution in [0.2, 0.25) is 0 Å². The summed E-state index contributed by atoms with van der Waals surface area (Å²) in [5.41, 5.74) is 0.534. The molecule has 0 aromatic rings. The summed E-state index contributed by atoms with van der Waals surface area (Å²) in [5.74, 6) is -0.283. The van der Waals surface area contributed by atoms with E-state index in [0.717, 1.165) is 13.1 Å². The Balaban J connectivity index is 3.74. The van der Waals surface area contributed by atoms with Gasteiger partial charge in [-0.1, -0.05) is 27.4 Å². The fourth-order valence-electron chi connectivity index (χ4n) is 0.802. The van der Waals surface area contributed by atoms with Gasteiger partial charge in [-0.15, -0.1) is 0 Å². The van der Waals surface area contributed by atoms with E-state index in [1.54, 1.807) is 0 Å². The zero-order valence-electron chi connectivity index (χ0n) is 8.80. The first-order chi connectivity index (χ1) is 6.15. The Hall–Kier alpha value is -0.830. The molecule has 0 heterocycles. The third-order valence-electron chi connectivity index (χ3n) is 1.99. The Kier molecular flexibility index (Phi) is 6.24. The maximum absolute atomic E-state index is 11.2. The predicted octanol–water partition coefficient (Wildman–Crippen LogP) is 1.80. The summed E-state index contributed by atoms with van der Waals surface area (Å²) in [4.78, 5) is 13.2. The van der Waals surface area contributed by atoms with Gasteiger partial charge in [-0.05, 0) is 19.5 Å². The van der Waals surface area contributed by atoms with E-state index in [1.165, 1.54) is 0 Å². The normalized spacial score (nSPS) is 10.2. The summed E-state index contributed by atoms with van der Waals surface area (Å²) in [6.07, 6.45) is 0.650. The summed E-state index contributed by atoms with van der Waals surface area (Å²) >= 11 is 0. The molecule has 3 nitrogen and oxygen atoms in total. The number of ether oxygens (including phenoxy) is 1. The second-order valence-corrected chi connectivity index (χ2v) is 2.82. The average molecular weight is 185 g/mol. The first kappa shape index (κ1) is 12.2. The van der Waals surface area contributed by atoms with Crippen LogP contribution in [0.1, 0.15) is 27.2 Å². The quantitative estimate of drug-likeness (QED) is 0.359. The molecule has 13 heavy (non-hydrogen) atoms. The molecule has 0 spiro atoms. The molecular formula is C10H19NO2. The lowest BCUT2D eigenvalue weighted by molar-refractivity contribution is -0.143. The minimum Gasteiger partial charge on any atom is -0.446 e. The van der Waals surface area contributed by atoms with E-state index in [1.807, 2.05) is 25.7 Å². The molecule has 0 bridgehead atoms. The van der Waals surface area contributed by atoms with E-state index in [9.17, 15) is 4.79 Å². The molecule has 0 aromatic carbocycles. The molecule has 0 saturated carbocycles. The minimum atomic E-state index is -0.283. The average Bonchev–Trinajstić information content (AvgIpc) is 2.17. The lowest BCUT2D eigenvalue weighted by Crippen LogP contribution is -2.27. The van der Waals surface area contributed by atoms with Crippen LogP contribution in [-0.2, 0) is 9.53 Å². The van der Waals surface area contributed by atoms with Crippen molar-refractivity contribution in [3.63, 3.8) is 0 Å². The van der Waals surface area contributed by atoms with Crippen molar-refractivity contribution < 1.29 is 9.53 Å². The topological polar surface area (TPSA) is 29.5 Å². The molecule has 0 aliphatic carbocycles. The first-order valence-electron chi connectivity index (χ1n) is 4.72. The van der Waals surface area contributed by atoms with Gasteiger partial charge in [0.15, 0.2) is 0 Å². The molecule has 0 unspecified atom stereocenters. The molecule has 76 valence electrons. The van der Waals surface area contributed by atoms with E-state index in [0.29, 0.717) is 18.7 Å². The van der Waals surface area contributed by atoms with E-state index in [2.05, 4.69) is 6.58 Å². The summed E-state index contributed by atoms with van der Waals surface area (Å²) < 4.78 is 5.03. The van der Waals surface area contributed by atoms with Gasteiger partial charge < -0.3 is 4.74 Å². The van der Waals surface area contributed by atoms with Crippen molar-refractivity contribution in [1.82, 2.24) is 4.90 Å². The van der Waals surface area contributed by atoms with Gasteiger partial charge in [0.2, 0.25) is 0 Å². The number of rotatable bonds is 6. The van der Waals surface area contributed by atoms with E-state index >= 15 is 0 Å². The zero-order chi connectivity index (χ0) is 10.3. The molecule has 0 aromatic heterocycles. The van der Waals surface area contributed by atoms with Gasteiger partial charge >= 0.3 is 5.97 Å². The van der Waals surface area contributed by atoms with Crippen molar-refractivity contribution in [2.75, 3.05) is 19.8 Å². The smallest absolute Gasteiger partial charge is 0.334 e. The minimum absolute atomic E-state index is 0.283. The van der Waals surface area contributed by atoms with Gasteiger partial charge in [0.05, 0.1) is 0 Å². The number of nitrogens with zero attached hydrogens (tertiary/aromatic N) is 1. The standard InChI is InChI=1S/C10H19NO2/c1-5-9(4)10(12)13-8-11(6-2)7-3/h4-8H2,1-3H3. The molecule has 0 saturated heterocycles. The lowest BCUT2D eigenvalue weighted by Gasteiger charge is -2.17. The molecule has 0 N–H and O–H groups in total. The van der Waals surface area contributed by atoms with Crippen LogP contribution in [0.25, 0.3) is 0 Å². The van der Waals surface area contributed by atoms with Crippen LogP contribution >= 0.6 is 0 Å². The maximum Gasteiger partial charge on any atom is 0.334 e. The molecule has 0 rings (SSSR count). The zero-order valence-corrected chi connectivity index (χ0v) is 8.80. The fourth-order valence-corrected chi connectivity index (χ4v) is 0.802. The number of hydrogen-bond acceptors (Lipinski definition) is 3. The van der Waals surface area contributed by atoms with Crippen molar-refractivity contribution in [1.29, 1.82) is 0 Å². The highest BCUT2D eigenvalue weighted by atomic mass is 16.5. The highest BCUT2D eigenvalue weighted by molar-refractivity contribution is 5.87. The van der Waals surface area contributed by atoms with E-state index in [4.69, 9.17) is 4.74 Å². The molecule has 0 amide bonds. The predicted molar refractivity (Wildman–Crippen MR) is 53.3 cm³/mol. The molecule has 0 aliphatic heterocycles. The van der Waals surface area contributed by atoms with Crippen molar-refractivity contribution >= 4 is 5.97 Å².